The van der Waals surface area contributed by atoms with Crippen LogP contribution in [0.3, 0.4) is 0 Å². The summed E-state index contributed by atoms with van der Waals surface area (Å²) in [5.41, 5.74) is 5.59. The molecule has 6 nitrogen and oxygen atoms in total. The molecule has 2 N–H and O–H groups in total. The fraction of sp³-hybridized carbons (Fsp3) is 0.875. The molecule has 0 aliphatic carbocycles. The summed E-state index contributed by atoms with van der Waals surface area (Å²) in [6.45, 7) is 3.78. The third kappa shape index (κ3) is 4.75. The van der Waals surface area contributed by atoms with Gasteiger partial charge in [0, 0.05) is 0 Å². The highest BCUT2D eigenvalue weighted by Gasteiger charge is 2.34. The molecule has 15 heavy (non-hydrogen) atoms. The fourth-order valence-electron chi connectivity index (χ4n) is 0.955. The summed E-state index contributed by atoms with van der Waals surface area (Å²) < 4.78 is 26.4. The SMILES string of the molecule is CCOP(=O)(OCC)C(N)CC(=O)OC. The number of ether oxygens (including phenoxy) is 1. The summed E-state index contributed by atoms with van der Waals surface area (Å²) in [6, 6.07) is 0. The molecule has 0 fully saturated rings. The molecule has 0 saturated carbocycles. The van der Waals surface area contributed by atoms with Gasteiger partial charge < -0.3 is 19.5 Å². The van der Waals surface area contributed by atoms with Gasteiger partial charge in [-0.05, 0) is 13.8 Å². The number of hydrogen-bond acceptors (Lipinski definition) is 6. The van der Waals surface area contributed by atoms with Gasteiger partial charge in [-0.15, -0.1) is 0 Å². The van der Waals surface area contributed by atoms with Crippen LogP contribution in [0.2, 0.25) is 0 Å². The first-order chi connectivity index (χ1) is 7.00. The van der Waals surface area contributed by atoms with Crippen molar-refractivity contribution < 1.29 is 23.1 Å². The Bertz CT molecular complexity index is 235. The van der Waals surface area contributed by atoms with Crippen LogP contribution in [-0.4, -0.2) is 32.1 Å². The number of methoxy groups -OCH3 is 1. The second-order valence-corrected chi connectivity index (χ2v) is 4.98. The molecule has 0 saturated heterocycles. The molecule has 0 amide bonds. The zero-order chi connectivity index (χ0) is 11.9. The Morgan fingerprint density at radius 1 is 1.33 bits per heavy atom. The monoisotopic (exact) mass is 239 g/mol. The maximum atomic E-state index is 12.0. The Kier molecular flexibility index (Phi) is 6.76. The lowest BCUT2D eigenvalue weighted by atomic mass is 10.4. The Labute approximate surface area is 89.6 Å². The number of carbonyl (C=O) groups excluding carboxylic acids is 1. The molecule has 0 rings (SSSR count). The average molecular weight is 239 g/mol. The van der Waals surface area contributed by atoms with Gasteiger partial charge >= 0.3 is 13.6 Å². The van der Waals surface area contributed by atoms with Crippen molar-refractivity contribution in [3.8, 4) is 0 Å². The van der Waals surface area contributed by atoms with Gasteiger partial charge in [0.25, 0.3) is 0 Å². The zero-order valence-electron chi connectivity index (χ0n) is 9.26. The van der Waals surface area contributed by atoms with Crippen LogP contribution in [0.4, 0.5) is 0 Å². The van der Waals surface area contributed by atoms with Crippen molar-refractivity contribution in [1.82, 2.24) is 0 Å². The molecule has 0 aliphatic rings. The summed E-state index contributed by atoms with van der Waals surface area (Å²) in [5, 5.41) is 0. The van der Waals surface area contributed by atoms with Gasteiger partial charge in [-0.1, -0.05) is 0 Å². The predicted molar refractivity (Wildman–Crippen MR) is 55.5 cm³/mol. The first-order valence-electron chi connectivity index (χ1n) is 4.71. The largest absolute Gasteiger partial charge is 0.469 e. The minimum Gasteiger partial charge on any atom is -0.469 e. The van der Waals surface area contributed by atoms with Gasteiger partial charge in [0.2, 0.25) is 0 Å². The minimum atomic E-state index is -3.40. The lowest BCUT2D eigenvalue weighted by molar-refractivity contribution is -0.140. The van der Waals surface area contributed by atoms with Gasteiger partial charge in [0.15, 0.2) is 0 Å². The highest BCUT2D eigenvalue weighted by molar-refractivity contribution is 7.54. The van der Waals surface area contributed by atoms with E-state index in [0.29, 0.717) is 0 Å². The second-order valence-electron chi connectivity index (χ2n) is 2.72. The molecule has 1 atom stereocenters. The van der Waals surface area contributed by atoms with Crippen LogP contribution in [0, 0.1) is 0 Å². The van der Waals surface area contributed by atoms with Crippen LogP contribution in [0.5, 0.6) is 0 Å². The Morgan fingerprint density at radius 3 is 2.13 bits per heavy atom. The molecule has 0 heterocycles. The molecule has 1 unspecified atom stereocenters. The van der Waals surface area contributed by atoms with Gasteiger partial charge in [0.1, 0.15) is 5.78 Å². The average Bonchev–Trinajstić information content (AvgIpc) is 2.18. The summed E-state index contributed by atoms with van der Waals surface area (Å²) in [7, 11) is -2.16. The van der Waals surface area contributed by atoms with Crippen molar-refractivity contribution in [2.75, 3.05) is 20.3 Å². The van der Waals surface area contributed by atoms with Crippen LogP contribution in [0.25, 0.3) is 0 Å². The van der Waals surface area contributed by atoms with E-state index in [0.717, 1.165) is 0 Å². The van der Waals surface area contributed by atoms with Crippen LogP contribution in [-0.2, 0) is 23.1 Å². The lowest BCUT2D eigenvalue weighted by Crippen LogP contribution is -2.26. The summed E-state index contributed by atoms with van der Waals surface area (Å²) in [6.07, 6.45) is -0.187. The smallest absolute Gasteiger partial charge is 0.347 e. The molecule has 0 aliphatic heterocycles. The fourth-order valence-corrected chi connectivity index (χ4v) is 2.50. The molecule has 0 aromatic rings. The van der Waals surface area contributed by atoms with Crippen molar-refractivity contribution in [3.63, 3.8) is 0 Å². The second kappa shape index (κ2) is 6.95. The van der Waals surface area contributed by atoms with Crippen LogP contribution in [0.15, 0.2) is 0 Å². The molecular weight excluding hydrogens is 221 g/mol. The van der Waals surface area contributed by atoms with Crippen LogP contribution < -0.4 is 5.73 Å². The van der Waals surface area contributed by atoms with E-state index >= 15 is 0 Å². The quantitative estimate of drug-likeness (QED) is 0.528. The first kappa shape index (κ1) is 14.6. The minimum absolute atomic E-state index is 0.187. The topological polar surface area (TPSA) is 87.9 Å². The molecule has 0 bridgehead atoms. The van der Waals surface area contributed by atoms with E-state index in [-0.39, 0.29) is 19.6 Å². The summed E-state index contributed by atoms with van der Waals surface area (Å²) in [5.74, 6) is -1.52. The van der Waals surface area contributed by atoms with E-state index < -0.39 is 19.3 Å². The molecule has 0 radical (unpaired) electrons. The van der Waals surface area contributed by atoms with Gasteiger partial charge in [-0.25, -0.2) is 0 Å². The third-order valence-corrected chi connectivity index (χ3v) is 3.86. The van der Waals surface area contributed by atoms with Crippen molar-refractivity contribution in [1.29, 1.82) is 0 Å². The zero-order valence-corrected chi connectivity index (χ0v) is 10.2. The highest BCUT2D eigenvalue weighted by atomic mass is 31.2. The Morgan fingerprint density at radius 2 is 1.80 bits per heavy atom. The van der Waals surface area contributed by atoms with Crippen LogP contribution in [0.1, 0.15) is 20.3 Å². The van der Waals surface area contributed by atoms with Gasteiger partial charge in [-0.3, -0.25) is 9.36 Å². The molecule has 7 heteroatoms. The van der Waals surface area contributed by atoms with Crippen molar-refractivity contribution >= 4 is 13.6 Å². The molecule has 90 valence electrons. The van der Waals surface area contributed by atoms with E-state index in [4.69, 9.17) is 14.8 Å². The number of nitrogens with two attached hydrogens (primary N) is 1. The maximum absolute atomic E-state index is 12.0. The first-order valence-corrected chi connectivity index (χ1v) is 6.32. The van der Waals surface area contributed by atoms with Gasteiger partial charge in [0.05, 0.1) is 26.7 Å². The maximum Gasteiger partial charge on any atom is 0.347 e. The molecule has 0 spiro atoms. The standard InChI is InChI=1S/C8H18NO5P/c1-4-13-15(11,14-5-2)7(9)6-8(10)12-3/h7H,4-6,9H2,1-3H3. The molecular formula is C8H18NO5P. The third-order valence-electron chi connectivity index (χ3n) is 1.63. The Hall–Kier alpha value is -0.420. The lowest BCUT2D eigenvalue weighted by Gasteiger charge is -2.22. The number of rotatable bonds is 7. The summed E-state index contributed by atoms with van der Waals surface area (Å²) in [4.78, 5) is 10.9. The summed E-state index contributed by atoms with van der Waals surface area (Å²) >= 11 is 0. The van der Waals surface area contributed by atoms with Crippen molar-refractivity contribution in [3.05, 3.63) is 0 Å². The number of hydrogen-bond donors (Lipinski definition) is 1. The predicted octanol–water partition coefficient (Wildman–Crippen LogP) is 1.10. The van der Waals surface area contributed by atoms with Crippen LogP contribution >= 0.6 is 7.60 Å². The van der Waals surface area contributed by atoms with E-state index in [2.05, 4.69) is 4.74 Å². The highest BCUT2D eigenvalue weighted by Crippen LogP contribution is 2.51. The van der Waals surface area contributed by atoms with Crippen molar-refractivity contribution in [2.24, 2.45) is 5.73 Å². The Balaban J connectivity index is 4.47. The number of carbonyl (C=O) groups is 1. The van der Waals surface area contributed by atoms with Gasteiger partial charge in [-0.2, -0.15) is 0 Å². The van der Waals surface area contributed by atoms with Crippen molar-refractivity contribution in [2.45, 2.75) is 26.1 Å². The number of esters is 1. The van der Waals surface area contributed by atoms with E-state index in [1.807, 2.05) is 0 Å². The molecule has 0 aromatic carbocycles. The van der Waals surface area contributed by atoms with E-state index in [9.17, 15) is 9.36 Å². The molecule has 0 aromatic heterocycles. The van der Waals surface area contributed by atoms with E-state index in [1.165, 1.54) is 7.11 Å². The van der Waals surface area contributed by atoms with E-state index in [1.54, 1.807) is 13.8 Å². The normalized spacial score (nSPS) is 13.6.